The fourth-order valence-electron chi connectivity index (χ4n) is 1.15. The van der Waals surface area contributed by atoms with Crippen molar-refractivity contribution in [2.24, 2.45) is 0 Å². The Balaban J connectivity index is 3.32. The molecule has 0 radical (unpaired) electrons. The highest BCUT2D eigenvalue weighted by Gasteiger charge is 2.11. The van der Waals surface area contributed by atoms with E-state index in [1.165, 1.54) is 0 Å². The van der Waals surface area contributed by atoms with Gasteiger partial charge >= 0.3 is 0 Å². The fraction of sp³-hybridized carbons (Fsp3) is 1.00. The van der Waals surface area contributed by atoms with Gasteiger partial charge in [0.25, 0.3) is 0 Å². The summed E-state index contributed by atoms with van der Waals surface area (Å²) >= 11 is 0. The normalized spacial score (nSPS) is 14.4. The SMILES string of the molecule is COCCCCC(O)CNC(C)(C)C. The van der Waals surface area contributed by atoms with E-state index in [4.69, 9.17) is 4.74 Å². The van der Waals surface area contributed by atoms with Crippen molar-refractivity contribution in [2.75, 3.05) is 20.3 Å². The Morgan fingerprint density at radius 1 is 1.29 bits per heavy atom. The van der Waals surface area contributed by atoms with Gasteiger partial charge in [-0.25, -0.2) is 0 Å². The van der Waals surface area contributed by atoms with Crippen molar-refractivity contribution in [2.45, 2.75) is 51.7 Å². The van der Waals surface area contributed by atoms with Gasteiger partial charge in [-0.2, -0.15) is 0 Å². The number of ether oxygens (including phenoxy) is 1. The van der Waals surface area contributed by atoms with Crippen molar-refractivity contribution in [3.05, 3.63) is 0 Å². The van der Waals surface area contributed by atoms with Gasteiger partial charge < -0.3 is 15.2 Å². The van der Waals surface area contributed by atoms with Gasteiger partial charge in [0.05, 0.1) is 6.10 Å². The van der Waals surface area contributed by atoms with Gasteiger partial charge in [-0.3, -0.25) is 0 Å². The first kappa shape index (κ1) is 13.9. The zero-order chi connectivity index (χ0) is 11.0. The summed E-state index contributed by atoms with van der Waals surface area (Å²) in [5, 5.41) is 12.9. The van der Waals surface area contributed by atoms with E-state index in [0.29, 0.717) is 6.54 Å². The molecule has 1 atom stereocenters. The summed E-state index contributed by atoms with van der Waals surface area (Å²) in [5.41, 5.74) is 0.0908. The van der Waals surface area contributed by atoms with Crippen LogP contribution < -0.4 is 5.32 Å². The van der Waals surface area contributed by atoms with Crippen molar-refractivity contribution < 1.29 is 9.84 Å². The highest BCUT2D eigenvalue weighted by atomic mass is 16.5. The third-order valence-electron chi connectivity index (χ3n) is 2.00. The van der Waals surface area contributed by atoms with Gasteiger partial charge in [0.15, 0.2) is 0 Å². The Bertz CT molecular complexity index is 132. The van der Waals surface area contributed by atoms with Crippen LogP contribution in [0.2, 0.25) is 0 Å². The molecule has 0 heterocycles. The fourth-order valence-corrected chi connectivity index (χ4v) is 1.15. The summed E-state index contributed by atoms with van der Waals surface area (Å²) in [7, 11) is 1.71. The molecular weight excluding hydrogens is 178 g/mol. The number of hydrogen-bond acceptors (Lipinski definition) is 3. The summed E-state index contributed by atoms with van der Waals surface area (Å²) < 4.78 is 4.94. The lowest BCUT2D eigenvalue weighted by Gasteiger charge is -2.22. The summed E-state index contributed by atoms with van der Waals surface area (Å²) in [6.45, 7) is 7.77. The molecule has 0 aliphatic carbocycles. The number of aliphatic hydroxyl groups excluding tert-OH is 1. The van der Waals surface area contributed by atoms with E-state index in [1.807, 2.05) is 0 Å². The topological polar surface area (TPSA) is 41.5 Å². The van der Waals surface area contributed by atoms with Crippen molar-refractivity contribution in [3.8, 4) is 0 Å². The summed E-state index contributed by atoms with van der Waals surface area (Å²) in [6.07, 6.45) is 2.68. The lowest BCUT2D eigenvalue weighted by atomic mass is 10.1. The first-order valence-corrected chi connectivity index (χ1v) is 5.38. The molecule has 1 unspecified atom stereocenters. The molecule has 0 fully saturated rings. The van der Waals surface area contributed by atoms with E-state index >= 15 is 0 Å². The van der Waals surface area contributed by atoms with Crippen LogP contribution in [0.4, 0.5) is 0 Å². The molecule has 0 rings (SSSR count). The molecule has 0 saturated heterocycles. The first-order valence-electron chi connectivity index (χ1n) is 5.38. The second-order valence-electron chi connectivity index (χ2n) is 4.77. The maximum absolute atomic E-state index is 9.61. The third kappa shape index (κ3) is 9.96. The van der Waals surface area contributed by atoms with Crippen LogP contribution in [-0.4, -0.2) is 37.0 Å². The lowest BCUT2D eigenvalue weighted by Crippen LogP contribution is -2.40. The smallest absolute Gasteiger partial charge is 0.0664 e. The van der Waals surface area contributed by atoms with E-state index in [2.05, 4.69) is 26.1 Å². The second kappa shape index (κ2) is 7.21. The van der Waals surface area contributed by atoms with Gasteiger partial charge in [0, 0.05) is 25.8 Å². The minimum absolute atomic E-state index is 0.0908. The monoisotopic (exact) mass is 203 g/mol. The number of aliphatic hydroxyl groups is 1. The van der Waals surface area contributed by atoms with Crippen LogP contribution in [0.25, 0.3) is 0 Å². The summed E-state index contributed by atoms with van der Waals surface area (Å²) in [6, 6.07) is 0. The molecule has 0 bridgehead atoms. The zero-order valence-electron chi connectivity index (χ0n) is 9.97. The quantitative estimate of drug-likeness (QED) is 0.617. The van der Waals surface area contributed by atoms with E-state index < -0.39 is 0 Å². The van der Waals surface area contributed by atoms with Crippen molar-refractivity contribution in [3.63, 3.8) is 0 Å². The lowest BCUT2D eigenvalue weighted by molar-refractivity contribution is 0.139. The average Bonchev–Trinajstić information content (AvgIpc) is 2.08. The van der Waals surface area contributed by atoms with Crippen LogP contribution in [0.15, 0.2) is 0 Å². The Labute approximate surface area is 87.8 Å². The predicted octanol–water partition coefficient (Wildman–Crippen LogP) is 1.55. The van der Waals surface area contributed by atoms with E-state index in [1.54, 1.807) is 7.11 Å². The van der Waals surface area contributed by atoms with E-state index in [9.17, 15) is 5.11 Å². The highest BCUT2D eigenvalue weighted by molar-refractivity contribution is 4.72. The highest BCUT2D eigenvalue weighted by Crippen LogP contribution is 2.03. The molecule has 0 spiro atoms. The number of methoxy groups -OCH3 is 1. The van der Waals surface area contributed by atoms with Crippen LogP contribution >= 0.6 is 0 Å². The molecule has 14 heavy (non-hydrogen) atoms. The van der Waals surface area contributed by atoms with Gasteiger partial charge in [-0.1, -0.05) is 0 Å². The minimum atomic E-state index is -0.230. The number of hydrogen-bond donors (Lipinski definition) is 2. The van der Waals surface area contributed by atoms with Crippen LogP contribution in [-0.2, 0) is 4.74 Å². The molecule has 2 N–H and O–H groups in total. The number of nitrogens with one attached hydrogen (secondary N) is 1. The molecule has 0 amide bonds. The predicted molar refractivity (Wildman–Crippen MR) is 59.5 cm³/mol. The molecule has 0 aliphatic heterocycles. The molecule has 0 saturated carbocycles. The van der Waals surface area contributed by atoms with Crippen LogP contribution in [0.3, 0.4) is 0 Å². The molecule has 0 aromatic heterocycles. The zero-order valence-corrected chi connectivity index (χ0v) is 9.97. The van der Waals surface area contributed by atoms with Crippen LogP contribution in [0.1, 0.15) is 40.0 Å². The Kier molecular flexibility index (Phi) is 7.15. The van der Waals surface area contributed by atoms with E-state index in [-0.39, 0.29) is 11.6 Å². The molecule has 3 heteroatoms. The summed E-state index contributed by atoms with van der Waals surface area (Å²) in [5.74, 6) is 0. The Hall–Kier alpha value is -0.120. The number of β-amino-alcohol motifs (C(OH)–C–C–N with tert-alkyl or cyclic N) is 1. The third-order valence-corrected chi connectivity index (χ3v) is 2.00. The largest absolute Gasteiger partial charge is 0.392 e. The molecule has 0 aromatic carbocycles. The maximum atomic E-state index is 9.61. The average molecular weight is 203 g/mol. The Morgan fingerprint density at radius 2 is 1.93 bits per heavy atom. The van der Waals surface area contributed by atoms with Crippen molar-refractivity contribution >= 4 is 0 Å². The van der Waals surface area contributed by atoms with Gasteiger partial charge in [-0.05, 0) is 40.0 Å². The van der Waals surface area contributed by atoms with Gasteiger partial charge in [-0.15, -0.1) is 0 Å². The summed E-state index contributed by atoms with van der Waals surface area (Å²) in [4.78, 5) is 0. The minimum Gasteiger partial charge on any atom is -0.392 e. The van der Waals surface area contributed by atoms with Crippen molar-refractivity contribution in [1.82, 2.24) is 5.32 Å². The first-order chi connectivity index (χ1) is 6.45. The van der Waals surface area contributed by atoms with Crippen LogP contribution in [0, 0.1) is 0 Å². The number of rotatable bonds is 7. The molecule has 0 aliphatic rings. The van der Waals surface area contributed by atoms with Gasteiger partial charge in [0.1, 0.15) is 0 Å². The molecule has 86 valence electrons. The van der Waals surface area contributed by atoms with E-state index in [0.717, 1.165) is 25.9 Å². The van der Waals surface area contributed by atoms with Gasteiger partial charge in [0.2, 0.25) is 0 Å². The van der Waals surface area contributed by atoms with Crippen molar-refractivity contribution in [1.29, 1.82) is 0 Å². The molecular formula is C11H25NO2. The molecule has 0 aromatic rings. The Morgan fingerprint density at radius 3 is 2.43 bits per heavy atom. The maximum Gasteiger partial charge on any atom is 0.0664 e. The van der Waals surface area contributed by atoms with Crippen LogP contribution in [0.5, 0.6) is 0 Å². The standard InChI is InChI=1S/C11H25NO2/c1-11(2,3)12-9-10(13)7-5-6-8-14-4/h10,12-13H,5-9H2,1-4H3. The number of unbranched alkanes of at least 4 members (excludes halogenated alkanes) is 1. The second-order valence-corrected chi connectivity index (χ2v) is 4.77. The molecule has 3 nitrogen and oxygen atoms in total.